The number of halogens is 2. The molecule has 1 unspecified atom stereocenters. The van der Waals surface area contributed by atoms with Crippen molar-refractivity contribution >= 4 is 23.2 Å². The minimum Gasteiger partial charge on any atom is -0.292 e. The van der Waals surface area contributed by atoms with Crippen LogP contribution in [0.15, 0.2) is 24.3 Å². The van der Waals surface area contributed by atoms with Gasteiger partial charge in [-0.05, 0) is 24.7 Å². The highest BCUT2D eigenvalue weighted by Gasteiger charge is 2.10. The molecule has 0 aliphatic heterocycles. The molecule has 0 saturated heterocycles. The minimum atomic E-state index is -0.137. The Labute approximate surface area is 100 Å². The Hall–Kier alpha value is -0.750. The van der Waals surface area contributed by atoms with E-state index >= 15 is 0 Å². The molecule has 4 heteroatoms. The smallest absolute Gasteiger partial charge is 0.0864 e. The normalized spacial score (nSPS) is 12.5. The lowest BCUT2D eigenvalue weighted by molar-refractivity contribution is 0.374. The van der Waals surface area contributed by atoms with E-state index in [1.807, 2.05) is 36.2 Å². The SMILES string of the molecule is CN(CC#N)CC(Cl)c1cccc(Cl)c1. The predicted octanol–water partition coefficient (Wildman–Crippen LogP) is 3.08. The summed E-state index contributed by atoms with van der Waals surface area (Å²) in [5, 5.41) is 9.05. The highest BCUT2D eigenvalue weighted by atomic mass is 35.5. The Morgan fingerprint density at radius 2 is 2.27 bits per heavy atom. The predicted molar refractivity (Wildman–Crippen MR) is 63.2 cm³/mol. The first-order chi connectivity index (χ1) is 7.13. The Balaban J connectivity index is 2.61. The van der Waals surface area contributed by atoms with Crippen molar-refractivity contribution in [3.05, 3.63) is 34.9 Å². The second-order valence-electron chi connectivity index (χ2n) is 3.38. The van der Waals surface area contributed by atoms with Gasteiger partial charge in [0.15, 0.2) is 0 Å². The first-order valence-corrected chi connectivity index (χ1v) is 5.40. The molecule has 0 radical (unpaired) electrons. The summed E-state index contributed by atoms with van der Waals surface area (Å²) in [5.41, 5.74) is 0.981. The third kappa shape index (κ3) is 4.09. The monoisotopic (exact) mass is 242 g/mol. The summed E-state index contributed by atoms with van der Waals surface area (Å²) < 4.78 is 0. The van der Waals surface area contributed by atoms with Crippen LogP contribution in [0.4, 0.5) is 0 Å². The largest absolute Gasteiger partial charge is 0.292 e. The molecule has 0 fully saturated rings. The van der Waals surface area contributed by atoms with E-state index in [2.05, 4.69) is 6.07 Å². The molecule has 0 saturated carbocycles. The van der Waals surface area contributed by atoms with Crippen LogP contribution in [-0.2, 0) is 0 Å². The lowest BCUT2D eigenvalue weighted by Crippen LogP contribution is -2.22. The van der Waals surface area contributed by atoms with E-state index < -0.39 is 0 Å². The molecule has 0 spiro atoms. The van der Waals surface area contributed by atoms with Gasteiger partial charge in [0.05, 0.1) is 18.0 Å². The lowest BCUT2D eigenvalue weighted by Gasteiger charge is -2.17. The van der Waals surface area contributed by atoms with Gasteiger partial charge in [0.1, 0.15) is 0 Å². The Kier molecular flexibility index (Phi) is 4.90. The summed E-state index contributed by atoms with van der Waals surface area (Å²) in [5.74, 6) is 0. The average Bonchev–Trinajstić information content (AvgIpc) is 2.18. The molecular weight excluding hydrogens is 231 g/mol. The van der Waals surface area contributed by atoms with Crippen LogP contribution in [0.1, 0.15) is 10.9 Å². The average molecular weight is 243 g/mol. The zero-order valence-electron chi connectivity index (χ0n) is 8.45. The molecule has 2 nitrogen and oxygen atoms in total. The summed E-state index contributed by atoms with van der Waals surface area (Å²) in [6.07, 6.45) is 0. The van der Waals surface area contributed by atoms with E-state index in [-0.39, 0.29) is 5.38 Å². The molecule has 0 N–H and O–H groups in total. The Bertz CT molecular complexity index is 360. The van der Waals surface area contributed by atoms with Crippen LogP contribution >= 0.6 is 23.2 Å². The topological polar surface area (TPSA) is 27.0 Å². The van der Waals surface area contributed by atoms with Crippen molar-refractivity contribution in [2.75, 3.05) is 20.1 Å². The van der Waals surface area contributed by atoms with Gasteiger partial charge < -0.3 is 0 Å². The molecule has 0 aliphatic carbocycles. The molecular formula is C11H12Cl2N2. The van der Waals surface area contributed by atoms with Crippen molar-refractivity contribution in [1.82, 2.24) is 4.90 Å². The third-order valence-electron chi connectivity index (χ3n) is 2.02. The zero-order chi connectivity index (χ0) is 11.3. The second kappa shape index (κ2) is 5.97. The van der Waals surface area contributed by atoms with Crippen molar-refractivity contribution in [3.63, 3.8) is 0 Å². The van der Waals surface area contributed by atoms with Gasteiger partial charge in [0.2, 0.25) is 0 Å². The van der Waals surface area contributed by atoms with Gasteiger partial charge >= 0.3 is 0 Å². The summed E-state index contributed by atoms with van der Waals surface area (Å²) in [6, 6.07) is 9.54. The van der Waals surface area contributed by atoms with E-state index in [9.17, 15) is 0 Å². The first-order valence-electron chi connectivity index (χ1n) is 4.58. The van der Waals surface area contributed by atoms with E-state index in [0.29, 0.717) is 18.1 Å². The fraction of sp³-hybridized carbons (Fsp3) is 0.364. The summed E-state index contributed by atoms with van der Waals surface area (Å²) in [6.45, 7) is 1.01. The first kappa shape index (κ1) is 12.3. The Morgan fingerprint density at radius 1 is 1.53 bits per heavy atom. The molecule has 15 heavy (non-hydrogen) atoms. The number of rotatable bonds is 4. The number of likely N-dealkylation sites (N-methyl/N-ethyl adjacent to an activating group) is 1. The Morgan fingerprint density at radius 3 is 2.87 bits per heavy atom. The maximum Gasteiger partial charge on any atom is 0.0864 e. The molecule has 1 aromatic rings. The summed E-state index contributed by atoms with van der Waals surface area (Å²) >= 11 is 12.1. The third-order valence-corrected chi connectivity index (χ3v) is 2.65. The van der Waals surface area contributed by atoms with Crippen LogP contribution in [-0.4, -0.2) is 25.0 Å². The van der Waals surface area contributed by atoms with Gasteiger partial charge in [-0.1, -0.05) is 23.7 Å². The molecule has 0 amide bonds. The molecule has 0 bridgehead atoms. The standard InChI is InChI=1S/C11H12Cl2N2/c1-15(6-5-14)8-11(13)9-3-2-4-10(12)7-9/h2-4,7,11H,6,8H2,1H3. The number of hydrogen-bond donors (Lipinski definition) is 0. The minimum absolute atomic E-state index is 0.137. The number of hydrogen-bond acceptors (Lipinski definition) is 2. The quantitative estimate of drug-likeness (QED) is 0.600. The van der Waals surface area contributed by atoms with Gasteiger partial charge in [0, 0.05) is 11.6 Å². The maximum absolute atomic E-state index is 8.51. The fourth-order valence-corrected chi connectivity index (χ4v) is 1.84. The van der Waals surface area contributed by atoms with Crippen molar-refractivity contribution in [2.45, 2.75) is 5.38 Å². The van der Waals surface area contributed by atoms with E-state index in [1.165, 1.54) is 0 Å². The zero-order valence-corrected chi connectivity index (χ0v) is 9.96. The van der Waals surface area contributed by atoms with Crippen LogP contribution in [0, 0.1) is 11.3 Å². The van der Waals surface area contributed by atoms with Gasteiger partial charge in [-0.2, -0.15) is 5.26 Å². The van der Waals surface area contributed by atoms with Crippen LogP contribution in [0.2, 0.25) is 5.02 Å². The molecule has 1 aromatic carbocycles. The van der Waals surface area contributed by atoms with Crippen molar-refractivity contribution in [2.24, 2.45) is 0 Å². The van der Waals surface area contributed by atoms with Gasteiger partial charge in [-0.3, -0.25) is 4.90 Å². The van der Waals surface area contributed by atoms with E-state index in [4.69, 9.17) is 28.5 Å². The van der Waals surface area contributed by atoms with Crippen LogP contribution < -0.4 is 0 Å². The summed E-state index contributed by atoms with van der Waals surface area (Å²) in [7, 11) is 1.86. The molecule has 0 aromatic heterocycles. The van der Waals surface area contributed by atoms with Crippen molar-refractivity contribution in [3.8, 4) is 6.07 Å². The number of alkyl halides is 1. The highest BCUT2D eigenvalue weighted by molar-refractivity contribution is 6.30. The van der Waals surface area contributed by atoms with Crippen LogP contribution in [0.3, 0.4) is 0 Å². The molecule has 1 rings (SSSR count). The highest BCUT2D eigenvalue weighted by Crippen LogP contribution is 2.23. The van der Waals surface area contributed by atoms with Crippen molar-refractivity contribution < 1.29 is 0 Å². The van der Waals surface area contributed by atoms with Gasteiger partial charge in [0.25, 0.3) is 0 Å². The van der Waals surface area contributed by atoms with E-state index in [0.717, 1.165) is 5.56 Å². The van der Waals surface area contributed by atoms with E-state index in [1.54, 1.807) is 0 Å². The molecule has 1 atom stereocenters. The van der Waals surface area contributed by atoms with Crippen molar-refractivity contribution in [1.29, 1.82) is 5.26 Å². The number of nitriles is 1. The molecule has 0 aliphatic rings. The van der Waals surface area contributed by atoms with Gasteiger partial charge in [-0.25, -0.2) is 0 Å². The number of nitrogens with zero attached hydrogens (tertiary/aromatic N) is 2. The fourth-order valence-electron chi connectivity index (χ4n) is 1.27. The molecule has 80 valence electrons. The summed E-state index contributed by atoms with van der Waals surface area (Å²) in [4.78, 5) is 1.87. The van der Waals surface area contributed by atoms with Crippen LogP contribution in [0.5, 0.6) is 0 Å². The van der Waals surface area contributed by atoms with Crippen LogP contribution in [0.25, 0.3) is 0 Å². The number of benzene rings is 1. The van der Waals surface area contributed by atoms with Gasteiger partial charge in [-0.15, -0.1) is 11.6 Å². The molecule has 0 heterocycles. The maximum atomic E-state index is 8.51. The second-order valence-corrected chi connectivity index (χ2v) is 4.34. The lowest BCUT2D eigenvalue weighted by atomic mass is 10.1.